The van der Waals surface area contributed by atoms with Crippen LogP contribution in [0.5, 0.6) is 0 Å². The van der Waals surface area contributed by atoms with Crippen molar-refractivity contribution in [3.05, 3.63) is 0 Å². The van der Waals surface area contributed by atoms with E-state index in [9.17, 15) is 4.79 Å². The van der Waals surface area contributed by atoms with E-state index < -0.39 is 0 Å². The van der Waals surface area contributed by atoms with E-state index in [1.54, 1.807) is 0 Å². The molecular weight excluding hydrogens is 246 g/mol. The zero-order chi connectivity index (χ0) is 13.0. The molecule has 0 saturated carbocycles. The van der Waals surface area contributed by atoms with Gasteiger partial charge in [-0.3, -0.25) is 9.79 Å². The quantitative estimate of drug-likeness (QED) is 0.818. The molecule has 1 amide bonds. The third-order valence-corrected chi connectivity index (χ3v) is 5.15. The summed E-state index contributed by atoms with van der Waals surface area (Å²) in [7, 11) is 0. The van der Waals surface area contributed by atoms with Crippen LogP contribution in [0.1, 0.15) is 39.5 Å². The van der Waals surface area contributed by atoms with Crippen LogP contribution in [0.4, 0.5) is 0 Å². The fraction of sp³-hybridized carbons (Fsp3) is 0.846. The molecule has 0 aromatic carbocycles. The zero-order valence-electron chi connectivity index (χ0n) is 11.2. The van der Waals surface area contributed by atoms with E-state index in [1.807, 2.05) is 11.8 Å². The van der Waals surface area contributed by atoms with Gasteiger partial charge in [0, 0.05) is 24.3 Å². The van der Waals surface area contributed by atoms with Gasteiger partial charge in [-0.05, 0) is 12.3 Å². The second-order valence-electron chi connectivity index (χ2n) is 5.06. The van der Waals surface area contributed by atoms with E-state index >= 15 is 0 Å². The third kappa shape index (κ3) is 3.40. The number of carbonyl (C=O) groups is 1. The summed E-state index contributed by atoms with van der Waals surface area (Å²) in [6.07, 6.45) is 4.01. The second-order valence-corrected chi connectivity index (χ2v) is 6.29. The molecule has 0 spiro atoms. The van der Waals surface area contributed by atoms with Gasteiger partial charge in [0.05, 0.1) is 6.54 Å². The molecule has 0 bridgehead atoms. The monoisotopic (exact) mass is 269 g/mol. The Balaban J connectivity index is 1.77. The number of amides is 1. The highest BCUT2D eigenvalue weighted by atomic mass is 32.2. The lowest BCUT2D eigenvalue weighted by Crippen LogP contribution is -2.47. The molecule has 0 aliphatic carbocycles. The lowest BCUT2D eigenvalue weighted by molar-refractivity contribution is -0.122. The zero-order valence-corrected chi connectivity index (χ0v) is 12.1. The van der Waals surface area contributed by atoms with Gasteiger partial charge in [0.25, 0.3) is 0 Å². The highest BCUT2D eigenvalue weighted by Crippen LogP contribution is 2.30. The predicted molar refractivity (Wildman–Crippen MR) is 76.9 cm³/mol. The number of aliphatic imine (C=N–C) groups is 1. The van der Waals surface area contributed by atoms with Gasteiger partial charge in [0.15, 0.2) is 5.17 Å². The standard InChI is InChI=1S/C13H23N3OS/c1-3-9(4-2)11-8-15-13(18-11)16-10-5-6-12(17)14-7-10/h9-11H,3-8H2,1-2H3,(H,14,17)(H,15,16). The molecular formula is C13H23N3OS. The average molecular weight is 269 g/mol. The molecule has 2 aliphatic rings. The van der Waals surface area contributed by atoms with Crippen LogP contribution in [0, 0.1) is 5.92 Å². The number of thioether (sulfide) groups is 1. The van der Waals surface area contributed by atoms with Crippen molar-refractivity contribution in [2.24, 2.45) is 10.9 Å². The van der Waals surface area contributed by atoms with Gasteiger partial charge >= 0.3 is 0 Å². The van der Waals surface area contributed by atoms with Gasteiger partial charge in [0.2, 0.25) is 5.91 Å². The summed E-state index contributed by atoms with van der Waals surface area (Å²) >= 11 is 1.89. The van der Waals surface area contributed by atoms with Crippen LogP contribution < -0.4 is 10.6 Å². The molecule has 0 radical (unpaired) electrons. The molecule has 102 valence electrons. The molecule has 2 unspecified atom stereocenters. The van der Waals surface area contributed by atoms with E-state index in [4.69, 9.17) is 0 Å². The first-order valence-corrected chi connectivity index (χ1v) is 7.85. The fourth-order valence-electron chi connectivity index (χ4n) is 2.56. The van der Waals surface area contributed by atoms with Gasteiger partial charge in [-0.2, -0.15) is 0 Å². The minimum atomic E-state index is 0.170. The van der Waals surface area contributed by atoms with Crippen molar-refractivity contribution < 1.29 is 4.79 Å². The van der Waals surface area contributed by atoms with Crippen LogP contribution in [0.3, 0.4) is 0 Å². The van der Waals surface area contributed by atoms with Crippen LogP contribution in [-0.2, 0) is 4.79 Å². The summed E-state index contributed by atoms with van der Waals surface area (Å²) in [6, 6.07) is 0.356. The summed E-state index contributed by atoms with van der Waals surface area (Å²) < 4.78 is 0. The van der Waals surface area contributed by atoms with E-state index in [-0.39, 0.29) is 5.91 Å². The van der Waals surface area contributed by atoms with Crippen molar-refractivity contribution in [3.8, 4) is 0 Å². The summed E-state index contributed by atoms with van der Waals surface area (Å²) in [5.41, 5.74) is 0. The Morgan fingerprint density at radius 1 is 1.50 bits per heavy atom. The number of nitrogens with one attached hydrogen (secondary N) is 2. The van der Waals surface area contributed by atoms with Crippen LogP contribution in [-0.4, -0.2) is 35.5 Å². The SMILES string of the molecule is CCC(CC)C1CN=C(NC2CCC(=O)NC2)S1. The van der Waals surface area contributed by atoms with Crippen LogP contribution in [0.2, 0.25) is 0 Å². The van der Waals surface area contributed by atoms with E-state index in [2.05, 4.69) is 29.5 Å². The number of rotatable bonds is 4. The Hall–Kier alpha value is -0.710. The van der Waals surface area contributed by atoms with Crippen molar-refractivity contribution in [2.45, 2.75) is 50.8 Å². The number of hydrogen-bond acceptors (Lipinski definition) is 4. The Kier molecular flexibility index (Phi) is 4.92. The first-order valence-electron chi connectivity index (χ1n) is 6.97. The maximum absolute atomic E-state index is 11.1. The minimum absolute atomic E-state index is 0.170. The van der Waals surface area contributed by atoms with Crippen molar-refractivity contribution >= 4 is 22.8 Å². The molecule has 2 heterocycles. The molecule has 2 rings (SSSR count). The van der Waals surface area contributed by atoms with Gasteiger partial charge in [-0.1, -0.05) is 38.5 Å². The average Bonchev–Trinajstić information content (AvgIpc) is 2.82. The number of amidine groups is 1. The number of piperidine rings is 1. The van der Waals surface area contributed by atoms with Crippen molar-refractivity contribution in [1.82, 2.24) is 10.6 Å². The van der Waals surface area contributed by atoms with Crippen molar-refractivity contribution in [3.63, 3.8) is 0 Å². The maximum atomic E-state index is 11.1. The topological polar surface area (TPSA) is 53.5 Å². The highest BCUT2D eigenvalue weighted by Gasteiger charge is 2.27. The van der Waals surface area contributed by atoms with Crippen LogP contribution in [0.25, 0.3) is 0 Å². The van der Waals surface area contributed by atoms with E-state index in [0.717, 1.165) is 30.6 Å². The first-order chi connectivity index (χ1) is 8.72. The Bertz CT molecular complexity index is 318. The van der Waals surface area contributed by atoms with Gasteiger partial charge < -0.3 is 10.6 Å². The minimum Gasteiger partial charge on any atom is -0.360 e. The molecule has 2 aliphatic heterocycles. The predicted octanol–water partition coefficient (Wildman–Crippen LogP) is 1.76. The molecule has 2 N–H and O–H groups in total. The Morgan fingerprint density at radius 2 is 2.28 bits per heavy atom. The van der Waals surface area contributed by atoms with E-state index in [1.165, 1.54) is 12.8 Å². The summed E-state index contributed by atoms with van der Waals surface area (Å²) in [6.45, 7) is 6.19. The van der Waals surface area contributed by atoms with Crippen LogP contribution >= 0.6 is 11.8 Å². The summed E-state index contributed by atoms with van der Waals surface area (Å²) in [5, 5.41) is 8.08. The molecule has 1 fully saturated rings. The first kappa shape index (κ1) is 13.7. The summed E-state index contributed by atoms with van der Waals surface area (Å²) in [5.74, 6) is 0.938. The summed E-state index contributed by atoms with van der Waals surface area (Å²) in [4.78, 5) is 15.7. The molecule has 1 saturated heterocycles. The van der Waals surface area contributed by atoms with Gasteiger partial charge in [-0.15, -0.1) is 0 Å². The molecule has 0 aromatic heterocycles. The second kappa shape index (κ2) is 6.45. The molecule has 0 aromatic rings. The maximum Gasteiger partial charge on any atom is 0.220 e. The number of hydrogen-bond donors (Lipinski definition) is 2. The van der Waals surface area contributed by atoms with E-state index in [0.29, 0.717) is 17.7 Å². The number of carbonyl (C=O) groups excluding carboxylic acids is 1. The van der Waals surface area contributed by atoms with Gasteiger partial charge in [0.1, 0.15) is 0 Å². The van der Waals surface area contributed by atoms with Crippen LogP contribution in [0.15, 0.2) is 4.99 Å². The smallest absolute Gasteiger partial charge is 0.220 e. The number of nitrogens with zero attached hydrogens (tertiary/aromatic N) is 1. The lowest BCUT2D eigenvalue weighted by atomic mass is 9.99. The fourth-order valence-corrected chi connectivity index (χ4v) is 3.96. The molecule has 4 nitrogen and oxygen atoms in total. The largest absolute Gasteiger partial charge is 0.360 e. The van der Waals surface area contributed by atoms with Crippen molar-refractivity contribution in [2.75, 3.05) is 13.1 Å². The van der Waals surface area contributed by atoms with Gasteiger partial charge in [-0.25, -0.2) is 0 Å². The molecule has 2 atom stereocenters. The van der Waals surface area contributed by atoms with Crippen molar-refractivity contribution in [1.29, 1.82) is 0 Å². The molecule has 5 heteroatoms. The highest BCUT2D eigenvalue weighted by molar-refractivity contribution is 8.14. The molecule has 18 heavy (non-hydrogen) atoms. The normalized spacial score (nSPS) is 28.2. The third-order valence-electron chi connectivity index (χ3n) is 3.85. The Morgan fingerprint density at radius 3 is 2.89 bits per heavy atom. The Labute approximate surface area is 113 Å². The lowest BCUT2D eigenvalue weighted by Gasteiger charge is -2.24.